The number of hydrogen-bond donors (Lipinski definition) is 2. The van der Waals surface area contributed by atoms with Crippen molar-refractivity contribution in [3.05, 3.63) is 77.7 Å². The van der Waals surface area contributed by atoms with Crippen molar-refractivity contribution in [2.24, 2.45) is 23.2 Å². The van der Waals surface area contributed by atoms with Gasteiger partial charge in [0.05, 0.1) is 29.8 Å². The molecule has 0 spiro atoms. The summed E-state index contributed by atoms with van der Waals surface area (Å²) in [5, 5.41) is 29.2. The minimum absolute atomic E-state index is 0.306. The zero-order valence-corrected chi connectivity index (χ0v) is 21.1. The molecule has 2 N–H and O–H groups in total. The van der Waals surface area contributed by atoms with Crippen LogP contribution in [0.15, 0.2) is 72.0 Å². The fourth-order valence-corrected chi connectivity index (χ4v) is 7.25. The molecule has 0 radical (unpaired) electrons. The first-order chi connectivity index (χ1) is 16.8. The van der Waals surface area contributed by atoms with Gasteiger partial charge in [-0.15, -0.1) is 5.10 Å². The number of nitrogens with zero attached hydrogens (tertiary/aromatic N) is 3. The van der Waals surface area contributed by atoms with Crippen LogP contribution in [-0.4, -0.2) is 37.4 Å². The second-order valence-electron chi connectivity index (χ2n) is 11.3. The fourth-order valence-electron chi connectivity index (χ4n) is 7.25. The number of aromatic nitrogens is 3. The predicted molar refractivity (Wildman–Crippen MR) is 139 cm³/mol. The maximum Gasteiger partial charge on any atom is 0.0834 e. The fraction of sp³-hybridized carbons (Fsp3) is 0.533. The summed E-state index contributed by atoms with van der Waals surface area (Å²) in [5.41, 5.74) is 5.73. The quantitative estimate of drug-likeness (QED) is 0.594. The van der Waals surface area contributed by atoms with E-state index in [1.165, 1.54) is 25.7 Å². The van der Waals surface area contributed by atoms with Crippen molar-refractivity contribution >= 4 is 0 Å². The van der Waals surface area contributed by atoms with Gasteiger partial charge in [-0.25, -0.2) is 4.68 Å². The molecule has 3 saturated carbocycles. The van der Waals surface area contributed by atoms with Crippen LogP contribution in [-0.2, 0) is 6.42 Å². The molecule has 6 atom stereocenters. The summed E-state index contributed by atoms with van der Waals surface area (Å²) in [4.78, 5) is 0. The van der Waals surface area contributed by atoms with E-state index in [1.807, 2.05) is 22.9 Å². The molecule has 0 amide bonds. The smallest absolute Gasteiger partial charge is 0.0834 e. The van der Waals surface area contributed by atoms with E-state index >= 15 is 0 Å². The molecule has 0 aliphatic heterocycles. The van der Waals surface area contributed by atoms with E-state index < -0.39 is 12.2 Å². The maximum absolute atomic E-state index is 10.2. The summed E-state index contributed by atoms with van der Waals surface area (Å²) in [5.74, 6) is 1.82. The third kappa shape index (κ3) is 4.81. The lowest BCUT2D eigenvalue weighted by atomic mass is 9.60. The Labute approximate surface area is 209 Å². The molecule has 3 aliphatic rings. The van der Waals surface area contributed by atoms with Gasteiger partial charge in [0.2, 0.25) is 0 Å². The van der Waals surface area contributed by atoms with E-state index in [2.05, 4.69) is 61.2 Å². The molecular weight excluding hydrogens is 434 g/mol. The third-order valence-corrected chi connectivity index (χ3v) is 9.08. The van der Waals surface area contributed by atoms with E-state index in [9.17, 15) is 10.2 Å². The summed E-state index contributed by atoms with van der Waals surface area (Å²) < 4.78 is 1.88. The largest absolute Gasteiger partial charge is 0.393 e. The number of aliphatic hydroxyl groups excluding tert-OH is 2. The van der Waals surface area contributed by atoms with Gasteiger partial charge in [0, 0.05) is 6.42 Å². The predicted octanol–water partition coefficient (Wildman–Crippen LogP) is 5.59. The Hall–Kier alpha value is -2.50. The molecule has 2 aromatic rings. The molecule has 5 rings (SSSR count). The number of benzene rings is 1. The monoisotopic (exact) mass is 473 g/mol. The third-order valence-electron chi connectivity index (χ3n) is 9.08. The topological polar surface area (TPSA) is 71.2 Å². The van der Waals surface area contributed by atoms with Crippen LogP contribution in [0.2, 0.25) is 0 Å². The molecule has 186 valence electrons. The summed E-state index contributed by atoms with van der Waals surface area (Å²) in [6.07, 6.45) is 13.5. The van der Waals surface area contributed by atoms with Gasteiger partial charge in [0.15, 0.2) is 0 Å². The highest BCUT2D eigenvalue weighted by molar-refractivity contribution is 5.38. The maximum atomic E-state index is 10.2. The zero-order valence-electron chi connectivity index (χ0n) is 21.1. The number of aliphatic hydroxyl groups is 2. The SMILES string of the molecule is C=C1/C(=C\C=C2/CCC[C@]3(C)[C@@H]([C@H](C)Cc4cn(-c5ccccc5)nn4)CC[C@@H]23)C[C@@H](O)C[C@@H]1O. The van der Waals surface area contributed by atoms with E-state index in [-0.39, 0.29) is 0 Å². The zero-order chi connectivity index (χ0) is 24.6. The first-order valence-corrected chi connectivity index (χ1v) is 13.3. The van der Waals surface area contributed by atoms with Gasteiger partial charge in [-0.05, 0) is 91.4 Å². The molecular formula is C30H39N3O2. The second kappa shape index (κ2) is 9.87. The standard InChI is InChI=1S/C30H39N3O2/c1-20(16-24-19-33(32-31-24)25-9-5-4-6-10-25)27-13-14-28-22(8-7-15-30(27,28)3)11-12-23-17-26(34)18-29(35)21(23)2/h4-6,9-12,19-20,26-29,34-35H,2,7-8,13-18H2,1,3H3/b22-11+,23-12-/t20-,26-,27-,28+,29+,30-/m1/s1. The highest BCUT2D eigenvalue weighted by Crippen LogP contribution is 2.59. The number of fused-ring (bicyclic) bond motifs is 1. The van der Waals surface area contributed by atoms with Crippen LogP contribution in [0.4, 0.5) is 0 Å². The molecule has 0 bridgehead atoms. The Kier molecular flexibility index (Phi) is 6.82. The summed E-state index contributed by atoms with van der Waals surface area (Å²) >= 11 is 0. The van der Waals surface area contributed by atoms with Gasteiger partial charge in [-0.2, -0.15) is 0 Å². The highest BCUT2D eigenvalue weighted by atomic mass is 16.3. The average Bonchev–Trinajstić information content (AvgIpc) is 3.45. The summed E-state index contributed by atoms with van der Waals surface area (Å²) in [6, 6.07) is 10.2. The lowest BCUT2D eigenvalue weighted by Gasteiger charge is -2.44. The van der Waals surface area contributed by atoms with Crippen molar-refractivity contribution in [1.29, 1.82) is 0 Å². The van der Waals surface area contributed by atoms with Crippen LogP contribution in [0.3, 0.4) is 0 Å². The van der Waals surface area contributed by atoms with E-state index in [0.29, 0.717) is 36.0 Å². The number of rotatable bonds is 5. The van der Waals surface area contributed by atoms with Crippen molar-refractivity contribution in [2.45, 2.75) is 77.4 Å². The summed E-state index contributed by atoms with van der Waals surface area (Å²) in [7, 11) is 0. The van der Waals surface area contributed by atoms with E-state index in [0.717, 1.165) is 35.4 Å². The molecule has 35 heavy (non-hydrogen) atoms. The Morgan fingerprint density at radius 1 is 1.20 bits per heavy atom. The van der Waals surface area contributed by atoms with Crippen molar-refractivity contribution in [1.82, 2.24) is 15.0 Å². The van der Waals surface area contributed by atoms with Gasteiger partial charge >= 0.3 is 0 Å². The molecule has 1 aromatic heterocycles. The molecule has 1 heterocycles. The van der Waals surface area contributed by atoms with Crippen LogP contribution in [0.5, 0.6) is 0 Å². The number of hydrogen-bond acceptors (Lipinski definition) is 4. The second-order valence-corrected chi connectivity index (χ2v) is 11.3. The lowest BCUT2D eigenvalue weighted by Crippen LogP contribution is -2.36. The molecule has 5 nitrogen and oxygen atoms in total. The molecule has 5 heteroatoms. The van der Waals surface area contributed by atoms with Crippen LogP contribution < -0.4 is 0 Å². The van der Waals surface area contributed by atoms with Crippen molar-refractivity contribution in [3.8, 4) is 5.69 Å². The number of para-hydroxylation sites is 1. The van der Waals surface area contributed by atoms with E-state index in [1.54, 1.807) is 5.57 Å². The Balaban J connectivity index is 1.30. The Bertz CT molecular complexity index is 1120. The van der Waals surface area contributed by atoms with E-state index in [4.69, 9.17) is 0 Å². The average molecular weight is 474 g/mol. The van der Waals surface area contributed by atoms with Gasteiger partial charge in [0.1, 0.15) is 0 Å². The van der Waals surface area contributed by atoms with Gasteiger partial charge in [0.25, 0.3) is 0 Å². The van der Waals surface area contributed by atoms with Crippen molar-refractivity contribution in [2.75, 3.05) is 0 Å². The van der Waals surface area contributed by atoms with Crippen molar-refractivity contribution in [3.63, 3.8) is 0 Å². The summed E-state index contributed by atoms with van der Waals surface area (Å²) in [6.45, 7) is 8.99. The first-order valence-electron chi connectivity index (χ1n) is 13.3. The lowest BCUT2D eigenvalue weighted by molar-refractivity contribution is 0.0861. The minimum Gasteiger partial charge on any atom is -0.393 e. The Morgan fingerprint density at radius 2 is 2.00 bits per heavy atom. The Morgan fingerprint density at radius 3 is 2.80 bits per heavy atom. The van der Waals surface area contributed by atoms with Crippen LogP contribution in [0.1, 0.15) is 64.5 Å². The molecule has 1 aromatic carbocycles. The van der Waals surface area contributed by atoms with Crippen LogP contribution in [0.25, 0.3) is 5.69 Å². The molecule has 3 fully saturated rings. The minimum atomic E-state index is -0.628. The first kappa shape index (κ1) is 24.2. The van der Waals surface area contributed by atoms with Crippen LogP contribution >= 0.6 is 0 Å². The van der Waals surface area contributed by atoms with Gasteiger partial charge in [-0.3, -0.25) is 0 Å². The van der Waals surface area contributed by atoms with Gasteiger partial charge in [-0.1, -0.05) is 61.6 Å². The molecule has 0 saturated heterocycles. The van der Waals surface area contributed by atoms with Crippen molar-refractivity contribution < 1.29 is 10.2 Å². The molecule has 3 aliphatic carbocycles. The van der Waals surface area contributed by atoms with Gasteiger partial charge < -0.3 is 10.2 Å². The molecule has 0 unspecified atom stereocenters. The highest BCUT2D eigenvalue weighted by Gasteiger charge is 2.50. The normalized spacial score (nSPS) is 34.3. The van der Waals surface area contributed by atoms with Crippen LogP contribution in [0, 0.1) is 23.2 Å². The number of allylic oxidation sites excluding steroid dienone is 3.